The molecule has 0 saturated carbocycles. The molecule has 0 aromatic heterocycles. The van der Waals surface area contributed by atoms with E-state index in [9.17, 15) is 13.2 Å². The average molecular weight is 491 g/mol. The Bertz CT molecular complexity index is 514. The molecule has 10 heteroatoms. The maximum atomic E-state index is 11.9. The Kier molecular flexibility index (Phi) is 13.0. The summed E-state index contributed by atoms with van der Waals surface area (Å²) in [5, 5.41) is 6.03. The van der Waals surface area contributed by atoms with Crippen molar-refractivity contribution in [1.29, 1.82) is 0 Å². The first-order valence-electron chi connectivity index (χ1n) is 7.80. The molecule has 2 N–H and O–H groups in total. The number of ether oxygens (including phenoxy) is 3. The largest absolute Gasteiger partial charge is 0.497 e. The van der Waals surface area contributed by atoms with Crippen molar-refractivity contribution in [2.24, 2.45) is 4.99 Å². The molecule has 0 saturated heterocycles. The number of nitrogens with one attached hydrogen (secondary N) is 2. The molecule has 0 bridgehead atoms. The number of methoxy groups -OCH3 is 1. The summed E-state index contributed by atoms with van der Waals surface area (Å²) in [4.78, 5) is 4.01. The van der Waals surface area contributed by atoms with E-state index in [1.807, 2.05) is 24.3 Å². The zero-order valence-corrected chi connectivity index (χ0v) is 17.1. The van der Waals surface area contributed by atoms with Gasteiger partial charge in [-0.1, -0.05) is 0 Å². The van der Waals surface area contributed by atoms with Crippen molar-refractivity contribution in [3.63, 3.8) is 0 Å². The second kappa shape index (κ2) is 13.7. The Labute approximate surface area is 168 Å². The fourth-order valence-electron chi connectivity index (χ4n) is 1.80. The lowest BCUT2D eigenvalue weighted by atomic mass is 10.3. The molecule has 0 atom stereocenters. The van der Waals surface area contributed by atoms with Crippen LogP contribution in [0.15, 0.2) is 29.3 Å². The molecular formula is C16H25F3IN3O3. The fourth-order valence-corrected chi connectivity index (χ4v) is 1.80. The number of aliphatic imine (C=N–C) groups is 1. The van der Waals surface area contributed by atoms with E-state index in [-0.39, 0.29) is 30.6 Å². The molecule has 0 aliphatic heterocycles. The van der Waals surface area contributed by atoms with Gasteiger partial charge in [-0.15, -0.1) is 24.0 Å². The van der Waals surface area contributed by atoms with E-state index in [1.165, 1.54) is 0 Å². The first kappa shape index (κ1) is 24.6. The van der Waals surface area contributed by atoms with Crippen molar-refractivity contribution in [3.05, 3.63) is 24.3 Å². The number of rotatable bonds is 10. The zero-order valence-electron chi connectivity index (χ0n) is 14.8. The number of alkyl halides is 3. The number of guanidine groups is 1. The summed E-state index contributed by atoms with van der Waals surface area (Å²) in [5.74, 6) is 2.04. The lowest BCUT2D eigenvalue weighted by molar-refractivity contribution is -0.173. The highest BCUT2D eigenvalue weighted by Crippen LogP contribution is 2.16. The maximum Gasteiger partial charge on any atom is 0.411 e. The van der Waals surface area contributed by atoms with Gasteiger partial charge in [-0.3, -0.25) is 4.99 Å². The first-order chi connectivity index (χ1) is 11.9. The summed E-state index contributed by atoms with van der Waals surface area (Å²) in [6, 6.07) is 7.24. The topological polar surface area (TPSA) is 64.1 Å². The predicted molar refractivity (Wildman–Crippen MR) is 105 cm³/mol. The molecule has 26 heavy (non-hydrogen) atoms. The van der Waals surface area contributed by atoms with Crippen molar-refractivity contribution >= 4 is 29.9 Å². The Hall–Kier alpha value is -1.43. The summed E-state index contributed by atoms with van der Waals surface area (Å²) in [6.45, 7) is 0.224. The number of hydrogen-bond donors (Lipinski definition) is 2. The molecule has 0 aliphatic rings. The van der Waals surface area contributed by atoms with Crippen molar-refractivity contribution in [3.8, 4) is 11.5 Å². The highest BCUT2D eigenvalue weighted by Gasteiger charge is 2.27. The molecular weight excluding hydrogens is 466 g/mol. The van der Waals surface area contributed by atoms with Crippen LogP contribution in [0, 0.1) is 0 Å². The molecule has 0 amide bonds. The highest BCUT2D eigenvalue weighted by molar-refractivity contribution is 14.0. The van der Waals surface area contributed by atoms with Crippen molar-refractivity contribution in [1.82, 2.24) is 10.6 Å². The smallest absolute Gasteiger partial charge is 0.411 e. The molecule has 1 rings (SSSR count). The number of benzene rings is 1. The van der Waals surface area contributed by atoms with Crippen LogP contribution in [-0.4, -0.2) is 59.2 Å². The van der Waals surface area contributed by atoms with Gasteiger partial charge in [-0.05, 0) is 30.7 Å². The number of hydrogen-bond acceptors (Lipinski definition) is 4. The molecule has 0 heterocycles. The van der Waals surface area contributed by atoms with E-state index in [1.54, 1.807) is 14.2 Å². The molecule has 1 aromatic carbocycles. The maximum absolute atomic E-state index is 11.9. The quantitative estimate of drug-likeness (QED) is 0.228. The normalized spacial score (nSPS) is 11.5. The second-order valence-electron chi connectivity index (χ2n) is 4.97. The van der Waals surface area contributed by atoms with Crippen LogP contribution < -0.4 is 20.1 Å². The van der Waals surface area contributed by atoms with Gasteiger partial charge in [0.05, 0.1) is 13.7 Å². The van der Waals surface area contributed by atoms with E-state index in [2.05, 4.69) is 20.4 Å². The standard InChI is InChI=1S/C16H24F3N3O3.HI/c1-20-15(21-8-3-10-24-12-16(17,18)19)22-9-11-25-14-6-4-13(23-2)5-7-14;/h4-7H,3,8-12H2,1-2H3,(H2,20,21,22);1H. The fraction of sp³-hybridized carbons (Fsp3) is 0.562. The Morgan fingerprint density at radius 3 is 2.23 bits per heavy atom. The average Bonchev–Trinajstić information content (AvgIpc) is 2.59. The van der Waals surface area contributed by atoms with Gasteiger partial charge in [0.1, 0.15) is 24.7 Å². The third-order valence-electron chi connectivity index (χ3n) is 2.97. The van der Waals surface area contributed by atoms with Crippen LogP contribution in [0.1, 0.15) is 6.42 Å². The van der Waals surface area contributed by atoms with Gasteiger partial charge in [-0.25, -0.2) is 0 Å². The molecule has 0 aliphatic carbocycles. The third kappa shape index (κ3) is 12.0. The molecule has 0 unspecified atom stereocenters. The minimum atomic E-state index is -4.28. The Morgan fingerprint density at radius 2 is 1.65 bits per heavy atom. The lowest BCUT2D eigenvalue weighted by Crippen LogP contribution is -2.40. The van der Waals surface area contributed by atoms with Crippen LogP contribution in [0.5, 0.6) is 11.5 Å². The summed E-state index contributed by atoms with van der Waals surface area (Å²) in [7, 11) is 3.21. The SMILES string of the molecule is CN=C(NCCCOCC(F)(F)F)NCCOc1ccc(OC)cc1.I. The molecule has 0 spiro atoms. The van der Waals surface area contributed by atoms with Crippen LogP contribution in [-0.2, 0) is 4.74 Å². The molecule has 0 radical (unpaired) electrons. The summed E-state index contributed by atoms with van der Waals surface area (Å²) in [6.07, 6.45) is -3.84. The van der Waals surface area contributed by atoms with Crippen molar-refractivity contribution in [2.75, 3.05) is 47.1 Å². The van der Waals surface area contributed by atoms with Crippen LogP contribution in [0.25, 0.3) is 0 Å². The van der Waals surface area contributed by atoms with Crippen LogP contribution in [0.3, 0.4) is 0 Å². The van der Waals surface area contributed by atoms with Crippen LogP contribution in [0.2, 0.25) is 0 Å². The highest BCUT2D eigenvalue weighted by atomic mass is 127. The Morgan fingerprint density at radius 1 is 1.04 bits per heavy atom. The van der Waals surface area contributed by atoms with Gasteiger partial charge in [0, 0.05) is 20.2 Å². The van der Waals surface area contributed by atoms with Gasteiger partial charge < -0.3 is 24.8 Å². The van der Waals surface area contributed by atoms with Crippen LogP contribution >= 0.6 is 24.0 Å². The van der Waals surface area contributed by atoms with E-state index < -0.39 is 12.8 Å². The molecule has 0 fully saturated rings. The minimum Gasteiger partial charge on any atom is -0.497 e. The van der Waals surface area contributed by atoms with Crippen molar-refractivity contribution < 1.29 is 27.4 Å². The van der Waals surface area contributed by atoms with Gasteiger partial charge in [0.15, 0.2) is 5.96 Å². The summed E-state index contributed by atoms with van der Waals surface area (Å²) < 4.78 is 50.8. The summed E-state index contributed by atoms with van der Waals surface area (Å²) >= 11 is 0. The zero-order chi connectivity index (χ0) is 18.5. The first-order valence-corrected chi connectivity index (χ1v) is 7.80. The predicted octanol–water partition coefficient (Wildman–Crippen LogP) is 2.83. The van der Waals surface area contributed by atoms with E-state index in [0.717, 1.165) is 11.5 Å². The van der Waals surface area contributed by atoms with Crippen molar-refractivity contribution in [2.45, 2.75) is 12.6 Å². The third-order valence-corrected chi connectivity index (χ3v) is 2.97. The monoisotopic (exact) mass is 491 g/mol. The molecule has 150 valence electrons. The number of halogens is 4. The van der Waals surface area contributed by atoms with Gasteiger partial charge in [0.2, 0.25) is 0 Å². The van der Waals surface area contributed by atoms with Crippen LogP contribution in [0.4, 0.5) is 13.2 Å². The van der Waals surface area contributed by atoms with Gasteiger partial charge in [-0.2, -0.15) is 13.2 Å². The second-order valence-corrected chi connectivity index (χ2v) is 4.97. The molecule has 6 nitrogen and oxygen atoms in total. The minimum absolute atomic E-state index is 0. The molecule has 1 aromatic rings. The van der Waals surface area contributed by atoms with E-state index >= 15 is 0 Å². The van der Waals surface area contributed by atoms with Gasteiger partial charge >= 0.3 is 6.18 Å². The van der Waals surface area contributed by atoms with E-state index in [0.29, 0.717) is 32.1 Å². The summed E-state index contributed by atoms with van der Waals surface area (Å²) in [5.41, 5.74) is 0. The lowest BCUT2D eigenvalue weighted by Gasteiger charge is -2.13. The Balaban J connectivity index is 0.00000625. The number of nitrogens with zero attached hydrogens (tertiary/aromatic N) is 1. The van der Waals surface area contributed by atoms with Gasteiger partial charge in [0.25, 0.3) is 0 Å². The van der Waals surface area contributed by atoms with E-state index in [4.69, 9.17) is 9.47 Å².